The van der Waals surface area contributed by atoms with E-state index in [1.54, 1.807) is 19.1 Å². The van der Waals surface area contributed by atoms with Gasteiger partial charge in [0.15, 0.2) is 5.60 Å². The lowest BCUT2D eigenvalue weighted by molar-refractivity contribution is -0.169. The lowest BCUT2D eigenvalue weighted by Crippen LogP contribution is -2.43. The third kappa shape index (κ3) is 3.89. The van der Waals surface area contributed by atoms with E-state index < -0.39 is 17.5 Å². The Balaban J connectivity index is 2.21. The lowest BCUT2D eigenvalue weighted by Gasteiger charge is -2.34. The molecule has 0 unspecified atom stereocenters. The molecular formula is C24H23BrO3. The molecule has 0 aliphatic carbocycles. The quantitative estimate of drug-likeness (QED) is 0.379. The SMILES string of the molecule is C=CC[C@@H](c1cccc(Br)c1)[C@](O)(C(=O)OCC)c1ccc2ccccc2c1. The molecule has 0 fully saturated rings. The Hall–Kier alpha value is -2.43. The van der Waals surface area contributed by atoms with Crippen molar-refractivity contribution < 1.29 is 14.6 Å². The normalized spacial score (nSPS) is 14.2. The van der Waals surface area contributed by atoms with Gasteiger partial charge in [-0.15, -0.1) is 6.58 Å². The Labute approximate surface area is 173 Å². The van der Waals surface area contributed by atoms with Crippen LogP contribution < -0.4 is 0 Å². The first-order valence-electron chi connectivity index (χ1n) is 9.26. The van der Waals surface area contributed by atoms with E-state index in [9.17, 15) is 9.90 Å². The van der Waals surface area contributed by atoms with E-state index in [0.717, 1.165) is 20.8 Å². The van der Waals surface area contributed by atoms with Gasteiger partial charge in [-0.05, 0) is 53.4 Å². The first kappa shape index (κ1) is 20.3. The van der Waals surface area contributed by atoms with Crippen LogP contribution in [-0.2, 0) is 15.1 Å². The second kappa shape index (κ2) is 8.72. The molecule has 3 aromatic rings. The van der Waals surface area contributed by atoms with Gasteiger partial charge >= 0.3 is 5.97 Å². The topological polar surface area (TPSA) is 46.5 Å². The molecule has 1 N–H and O–H groups in total. The van der Waals surface area contributed by atoms with Gasteiger partial charge in [-0.3, -0.25) is 0 Å². The van der Waals surface area contributed by atoms with Crippen LogP contribution in [0.25, 0.3) is 10.8 Å². The molecule has 0 amide bonds. The first-order valence-corrected chi connectivity index (χ1v) is 10.0. The third-order valence-electron chi connectivity index (χ3n) is 4.93. The summed E-state index contributed by atoms with van der Waals surface area (Å²) in [4.78, 5) is 13.1. The fourth-order valence-corrected chi connectivity index (χ4v) is 3.98. The number of esters is 1. The molecule has 0 aliphatic rings. The summed E-state index contributed by atoms with van der Waals surface area (Å²) in [5, 5.41) is 13.8. The van der Waals surface area contributed by atoms with Gasteiger partial charge in [-0.2, -0.15) is 0 Å². The summed E-state index contributed by atoms with van der Waals surface area (Å²) < 4.78 is 6.20. The second-order valence-electron chi connectivity index (χ2n) is 6.68. The third-order valence-corrected chi connectivity index (χ3v) is 5.43. The minimum absolute atomic E-state index is 0.189. The molecular weight excluding hydrogens is 416 g/mol. The van der Waals surface area contributed by atoms with Crippen molar-refractivity contribution in [1.82, 2.24) is 0 Å². The monoisotopic (exact) mass is 438 g/mol. The van der Waals surface area contributed by atoms with E-state index in [1.807, 2.05) is 60.7 Å². The Kier molecular flexibility index (Phi) is 6.32. The summed E-state index contributed by atoms with van der Waals surface area (Å²) in [5.74, 6) is -1.19. The van der Waals surface area contributed by atoms with Gasteiger partial charge in [0.1, 0.15) is 0 Å². The van der Waals surface area contributed by atoms with Crippen molar-refractivity contribution in [3.05, 3.63) is 95.0 Å². The molecule has 0 saturated heterocycles. The van der Waals surface area contributed by atoms with Crippen LogP contribution in [0.1, 0.15) is 30.4 Å². The molecule has 0 aliphatic heterocycles. The molecule has 0 heterocycles. The summed E-state index contributed by atoms with van der Waals surface area (Å²) in [6, 6.07) is 21.1. The molecule has 3 rings (SSSR count). The molecule has 28 heavy (non-hydrogen) atoms. The van der Waals surface area contributed by atoms with Crippen LogP contribution >= 0.6 is 15.9 Å². The van der Waals surface area contributed by atoms with Crippen LogP contribution in [0.4, 0.5) is 0 Å². The number of hydrogen-bond acceptors (Lipinski definition) is 3. The zero-order chi connectivity index (χ0) is 20.1. The summed E-state index contributed by atoms with van der Waals surface area (Å²) >= 11 is 3.48. The molecule has 2 atom stereocenters. The predicted octanol–water partition coefficient (Wildman–Crippen LogP) is 5.71. The van der Waals surface area contributed by atoms with Gasteiger partial charge in [0.05, 0.1) is 6.61 Å². The number of benzene rings is 3. The highest BCUT2D eigenvalue weighted by Gasteiger charge is 2.47. The smallest absolute Gasteiger partial charge is 0.343 e. The molecule has 0 aromatic heterocycles. The number of ether oxygens (including phenoxy) is 1. The number of hydrogen-bond donors (Lipinski definition) is 1. The Morgan fingerprint density at radius 2 is 1.89 bits per heavy atom. The Morgan fingerprint density at radius 1 is 1.14 bits per heavy atom. The number of aliphatic hydroxyl groups is 1. The fourth-order valence-electron chi connectivity index (χ4n) is 3.57. The van der Waals surface area contributed by atoms with E-state index in [0.29, 0.717) is 12.0 Å². The average Bonchev–Trinajstić information content (AvgIpc) is 2.71. The van der Waals surface area contributed by atoms with Crippen LogP contribution in [0.2, 0.25) is 0 Å². The molecule has 0 saturated carbocycles. The van der Waals surface area contributed by atoms with Gasteiger partial charge in [0, 0.05) is 10.4 Å². The fraction of sp³-hybridized carbons (Fsp3) is 0.208. The van der Waals surface area contributed by atoms with Crippen LogP contribution in [0.3, 0.4) is 0 Å². The summed E-state index contributed by atoms with van der Waals surface area (Å²) in [7, 11) is 0. The van der Waals surface area contributed by atoms with E-state index in [2.05, 4.69) is 22.5 Å². The number of fused-ring (bicyclic) bond motifs is 1. The van der Waals surface area contributed by atoms with Gasteiger partial charge in [0.25, 0.3) is 0 Å². The largest absolute Gasteiger partial charge is 0.464 e. The van der Waals surface area contributed by atoms with Crippen molar-refractivity contribution in [3.8, 4) is 0 Å². The summed E-state index contributed by atoms with van der Waals surface area (Å²) in [6.07, 6.45) is 2.13. The van der Waals surface area contributed by atoms with Crippen molar-refractivity contribution in [2.24, 2.45) is 0 Å². The Morgan fingerprint density at radius 3 is 2.57 bits per heavy atom. The van der Waals surface area contributed by atoms with Crippen LogP contribution in [0, 0.1) is 0 Å². The summed E-state index contributed by atoms with van der Waals surface area (Å²) in [6.45, 7) is 5.76. The number of carbonyl (C=O) groups is 1. The van der Waals surface area contributed by atoms with Crippen molar-refractivity contribution >= 4 is 32.7 Å². The van der Waals surface area contributed by atoms with Crippen molar-refractivity contribution in [1.29, 1.82) is 0 Å². The predicted molar refractivity (Wildman–Crippen MR) is 116 cm³/mol. The molecule has 3 aromatic carbocycles. The lowest BCUT2D eigenvalue weighted by atomic mass is 9.75. The zero-order valence-electron chi connectivity index (χ0n) is 15.8. The highest BCUT2D eigenvalue weighted by atomic mass is 79.9. The maximum atomic E-state index is 13.1. The van der Waals surface area contributed by atoms with E-state index in [-0.39, 0.29) is 6.61 Å². The average molecular weight is 439 g/mol. The van der Waals surface area contributed by atoms with Gasteiger partial charge in [0.2, 0.25) is 0 Å². The molecule has 4 heteroatoms. The highest BCUT2D eigenvalue weighted by Crippen LogP contribution is 2.42. The van der Waals surface area contributed by atoms with E-state index >= 15 is 0 Å². The zero-order valence-corrected chi connectivity index (χ0v) is 17.4. The van der Waals surface area contributed by atoms with Crippen molar-refractivity contribution in [2.75, 3.05) is 6.61 Å². The van der Waals surface area contributed by atoms with E-state index in [1.165, 1.54) is 0 Å². The Bertz CT molecular complexity index is 998. The van der Waals surface area contributed by atoms with Gasteiger partial charge in [-0.25, -0.2) is 4.79 Å². The molecule has 0 spiro atoms. The van der Waals surface area contributed by atoms with Crippen LogP contribution in [0.5, 0.6) is 0 Å². The highest BCUT2D eigenvalue weighted by molar-refractivity contribution is 9.10. The van der Waals surface area contributed by atoms with Crippen LogP contribution in [0.15, 0.2) is 83.9 Å². The number of carbonyl (C=O) groups excluding carboxylic acids is 1. The summed E-state index contributed by atoms with van der Waals surface area (Å²) in [5.41, 5.74) is -0.496. The molecule has 0 radical (unpaired) electrons. The van der Waals surface area contributed by atoms with Gasteiger partial charge < -0.3 is 9.84 Å². The number of halogens is 1. The maximum absolute atomic E-state index is 13.1. The minimum atomic E-state index is -1.84. The van der Waals surface area contributed by atoms with Gasteiger partial charge in [-0.1, -0.05) is 70.5 Å². The standard InChI is InChI=1S/C24H23BrO3/c1-3-8-22(19-11-7-12-21(25)16-19)24(27,23(26)28-4-2)20-14-13-17-9-5-6-10-18(17)15-20/h3,5-7,9-16,22,27H,1,4,8H2,2H3/t22-,24-/m0/s1. The second-order valence-corrected chi connectivity index (χ2v) is 7.60. The first-order chi connectivity index (χ1) is 13.5. The molecule has 3 nitrogen and oxygen atoms in total. The molecule has 144 valence electrons. The number of rotatable bonds is 7. The van der Waals surface area contributed by atoms with E-state index in [4.69, 9.17) is 4.74 Å². The molecule has 0 bridgehead atoms. The maximum Gasteiger partial charge on any atom is 0.343 e. The minimum Gasteiger partial charge on any atom is -0.464 e. The van der Waals surface area contributed by atoms with Crippen molar-refractivity contribution in [2.45, 2.75) is 24.9 Å². The van der Waals surface area contributed by atoms with Crippen molar-refractivity contribution in [3.63, 3.8) is 0 Å². The van der Waals surface area contributed by atoms with Crippen LogP contribution in [-0.4, -0.2) is 17.7 Å². The number of allylic oxidation sites excluding steroid dienone is 1.